The predicted octanol–water partition coefficient (Wildman–Crippen LogP) is 2.94. The summed E-state index contributed by atoms with van der Waals surface area (Å²) in [5.74, 6) is 0.0428. The number of amides is 2. The molecular formula is C20H26N4O3. The minimum Gasteiger partial charge on any atom is -0.481 e. The zero-order valence-corrected chi connectivity index (χ0v) is 15.6. The first-order valence-corrected chi connectivity index (χ1v) is 9.82. The van der Waals surface area contributed by atoms with E-state index in [2.05, 4.69) is 35.0 Å². The van der Waals surface area contributed by atoms with Crippen LogP contribution in [0.2, 0.25) is 0 Å². The smallest absolute Gasteiger partial charge is 0.317 e. The van der Waals surface area contributed by atoms with E-state index in [0.29, 0.717) is 38.5 Å². The van der Waals surface area contributed by atoms with Gasteiger partial charge in [0.25, 0.3) is 0 Å². The second-order valence-corrected chi connectivity index (χ2v) is 7.56. The first-order chi connectivity index (χ1) is 13.1. The average Bonchev–Trinajstić information content (AvgIpc) is 3.45. The summed E-state index contributed by atoms with van der Waals surface area (Å²) >= 11 is 0. The van der Waals surface area contributed by atoms with Gasteiger partial charge in [0.05, 0.1) is 17.0 Å². The first-order valence-electron chi connectivity index (χ1n) is 9.82. The molecule has 7 nitrogen and oxygen atoms in total. The number of urea groups is 1. The van der Waals surface area contributed by atoms with Crippen molar-refractivity contribution in [2.45, 2.75) is 51.6 Å². The number of aromatic nitrogens is 2. The molecule has 0 radical (unpaired) electrons. The summed E-state index contributed by atoms with van der Waals surface area (Å²) in [5.41, 5.74) is 3.20. The molecule has 4 rings (SSSR count). The van der Waals surface area contributed by atoms with Crippen molar-refractivity contribution >= 4 is 23.0 Å². The number of carbonyl (C=O) groups is 2. The molecule has 1 saturated heterocycles. The van der Waals surface area contributed by atoms with Gasteiger partial charge < -0.3 is 19.9 Å². The number of imidazole rings is 1. The summed E-state index contributed by atoms with van der Waals surface area (Å²) in [6.07, 6.45) is 4.42. The van der Waals surface area contributed by atoms with Crippen molar-refractivity contribution < 1.29 is 14.7 Å². The van der Waals surface area contributed by atoms with Gasteiger partial charge in [-0.05, 0) is 43.4 Å². The number of hydrogen-bond acceptors (Lipinski definition) is 3. The Morgan fingerprint density at radius 1 is 1.22 bits per heavy atom. The molecule has 1 aliphatic heterocycles. The van der Waals surface area contributed by atoms with E-state index in [9.17, 15) is 9.59 Å². The van der Waals surface area contributed by atoms with Crippen LogP contribution in [0.25, 0.3) is 11.0 Å². The van der Waals surface area contributed by atoms with Gasteiger partial charge in [0.15, 0.2) is 0 Å². The summed E-state index contributed by atoms with van der Waals surface area (Å²) in [7, 11) is 0. The van der Waals surface area contributed by atoms with Crippen LogP contribution in [0, 0.1) is 5.92 Å². The number of carboxylic acid groups (broad SMARTS) is 1. The van der Waals surface area contributed by atoms with E-state index in [1.165, 1.54) is 18.4 Å². The maximum Gasteiger partial charge on any atom is 0.317 e. The van der Waals surface area contributed by atoms with Crippen LogP contribution in [0.5, 0.6) is 0 Å². The second kappa shape index (κ2) is 7.21. The van der Waals surface area contributed by atoms with Crippen LogP contribution in [0.15, 0.2) is 18.2 Å². The Balaban J connectivity index is 1.39. The van der Waals surface area contributed by atoms with Crippen molar-refractivity contribution in [3.05, 3.63) is 29.6 Å². The molecule has 1 saturated carbocycles. The lowest BCUT2D eigenvalue weighted by atomic mass is 9.97. The van der Waals surface area contributed by atoms with Crippen LogP contribution in [-0.4, -0.2) is 44.6 Å². The van der Waals surface area contributed by atoms with Gasteiger partial charge in [-0.3, -0.25) is 4.79 Å². The number of rotatable bonds is 5. The zero-order chi connectivity index (χ0) is 19.0. The van der Waals surface area contributed by atoms with E-state index in [1.54, 1.807) is 4.90 Å². The molecule has 1 aliphatic carbocycles. The SMILES string of the molecule is CCc1nc2cc(CNC(=O)N3CCC(C(=O)O)CC3)ccc2n1C1CC1. The third-order valence-electron chi connectivity index (χ3n) is 5.63. The molecule has 0 bridgehead atoms. The summed E-state index contributed by atoms with van der Waals surface area (Å²) in [4.78, 5) is 29.9. The van der Waals surface area contributed by atoms with Gasteiger partial charge >= 0.3 is 12.0 Å². The highest BCUT2D eigenvalue weighted by Crippen LogP contribution is 2.38. The molecule has 7 heteroatoms. The molecule has 0 atom stereocenters. The number of benzene rings is 1. The molecule has 27 heavy (non-hydrogen) atoms. The minimum atomic E-state index is -0.763. The second-order valence-electron chi connectivity index (χ2n) is 7.56. The number of fused-ring (bicyclic) bond motifs is 1. The normalized spacial score (nSPS) is 18.0. The summed E-state index contributed by atoms with van der Waals surface area (Å²) in [6.45, 7) is 3.57. The Morgan fingerprint density at radius 2 is 1.96 bits per heavy atom. The van der Waals surface area contributed by atoms with Gasteiger partial charge in [0.2, 0.25) is 0 Å². The molecule has 2 aliphatic rings. The molecule has 2 amide bonds. The lowest BCUT2D eigenvalue weighted by Crippen LogP contribution is -2.45. The summed E-state index contributed by atoms with van der Waals surface area (Å²) in [5, 5.41) is 12.0. The molecule has 2 fully saturated rings. The lowest BCUT2D eigenvalue weighted by molar-refractivity contribution is -0.143. The van der Waals surface area contributed by atoms with E-state index in [4.69, 9.17) is 10.1 Å². The summed E-state index contributed by atoms with van der Waals surface area (Å²) in [6, 6.07) is 6.70. The molecule has 0 spiro atoms. The quantitative estimate of drug-likeness (QED) is 0.847. The molecule has 1 aromatic carbocycles. The number of aryl methyl sites for hydroxylation is 1. The van der Waals surface area contributed by atoms with E-state index in [0.717, 1.165) is 23.3 Å². The Bertz CT molecular complexity index is 863. The van der Waals surface area contributed by atoms with Crippen LogP contribution >= 0.6 is 0 Å². The maximum atomic E-state index is 12.4. The van der Waals surface area contributed by atoms with Gasteiger partial charge in [0.1, 0.15) is 5.82 Å². The molecule has 144 valence electrons. The Kier molecular flexibility index (Phi) is 4.76. The minimum absolute atomic E-state index is 0.128. The van der Waals surface area contributed by atoms with E-state index in [-0.39, 0.29) is 11.9 Å². The van der Waals surface area contributed by atoms with Gasteiger partial charge in [-0.2, -0.15) is 0 Å². The van der Waals surface area contributed by atoms with Gasteiger partial charge in [-0.25, -0.2) is 9.78 Å². The number of piperidine rings is 1. The fourth-order valence-corrected chi connectivity index (χ4v) is 3.91. The van der Waals surface area contributed by atoms with Crippen LogP contribution < -0.4 is 5.32 Å². The van der Waals surface area contributed by atoms with Crippen molar-refractivity contribution in [2.24, 2.45) is 5.92 Å². The Morgan fingerprint density at radius 3 is 2.59 bits per heavy atom. The topological polar surface area (TPSA) is 87.5 Å². The highest BCUT2D eigenvalue weighted by molar-refractivity contribution is 5.78. The van der Waals surface area contributed by atoms with Crippen LogP contribution in [0.3, 0.4) is 0 Å². The van der Waals surface area contributed by atoms with Gasteiger partial charge in [-0.15, -0.1) is 0 Å². The average molecular weight is 370 g/mol. The fraction of sp³-hybridized carbons (Fsp3) is 0.550. The molecule has 0 unspecified atom stereocenters. The summed E-state index contributed by atoms with van der Waals surface area (Å²) < 4.78 is 2.37. The van der Waals surface area contributed by atoms with Crippen molar-refractivity contribution in [3.63, 3.8) is 0 Å². The molecule has 2 aromatic rings. The number of carboxylic acids is 1. The van der Waals surface area contributed by atoms with Crippen molar-refractivity contribution in [2.75, 3.05) is 13.1 Å². The van der Waals surface area contributed by atoms with Gasteiger partial charge in [-0.1, -0.05) is 13.0 Å². The maximum absolute atomic E-state index is 12.4. The van der Waals surface area contributed by atoms with Crippen LogP contribution in [0.1, 0.15) is 50.0 Å². The van der Waals surface area contributed by atoms with E-state index < -0.39 is 5.97 Å². The third kappa shape index (κ3) is 3.63. The molecule has 1 aromatic heterocycles. The highest BCUT2D eigenvalue weighted by Gasteiger charge is 2.28. The highest BCUT2D eigenvalue weighted by atomic mass is 16.4. The largest absolute Gasteiger partial charge is 0.481 e. The van der Waals surface area contributed by atoms with E-state index >= 15 is 0 Å². The third-order valence-corrected chi connectivity index (χ3v) is 5.63. The van der Waals surface area contributed by atoms with Crippen molar-refractivity contribution in [3.8, 4) is 0 Å². The number of carbonyl (C=O) groups excluding carboxylic acids is 1. The first kappa shape index (κ1) is 17.8. The predicted molar refractivity (Wildman–Crippen MR) is 102 cm³/mol. The number of nitrogens with zero attached hydrogens (tertiary/aromatic N) is 3. The lowest BCUT2D eigenvalue weighted by Gasteiger charge is -2.30. The zero-order valence-electron chi connectivity index (χ0n) is 15.6. The Labute approximate surface area is 158 Å². The standard InChI is InChI=1S/C20H26N4O3/c1-2-18-22-16-11-13(3-6-17(16)24(18)15-4-5-15)12-21-20(27)23-9-7-14(8-10-23)19(25)26/h3,6,11,14-15H,2,4-5,7-10,12H2,1H3,(H,21,27)(H,25,26). The number of aliphatic carboxylic acids is 1. The fourth-order valence-electron chi connectivity index (χ4n) is 3.91. The number of hydrogen-bond donors (Lipinski definition) is 2. The number of likely N-dealkylation sites (tertiary alicyclic amines) is 1. The molecule has 2 heterocycles. The van der Waals surface area contributed by atoms with Crippen molar-refractivity contribution in [1.82, 2.24) is 19.8 Å². The molecular weight excluding hydrogens is 344 g/mol. The van der Waals surface area contributed by atoms with Crippen molar-refractivity contribution in [1.29, 1.82) is 0 Å². The monoisotopic (exact) mass is 370 g/mol. The number of nitrogens with one attached hydrogen (secondary N) is 1. The molecule has 2 N–H and O–H groups in total. The van der Waals surface area contributed by atoms with Crippen LogP contribution in [-0.2, 0) is 17.8 Å². The Hall–Kier alpha value is -2.57. The van der Waals surface area contributed by atoms with E-state index in [1.807, 2.05) is 0 Å². The van der Waals surface area contributed by atoms with Gasteiger partial charge in [0, 0.05) is 32.1 Å². The van der Waals surface area contributed by atoms with Crippen LogP contribution in [0.4, 0.5) is 4.79 Å².